The Morgan fingerprint density at radius 2 is 1.78 bits per heavy atom. The van der Waals surface area contributed by atoms with Crippen molar-refractivity contribution in [1.82, 2.24) is 0 Å². The maximum absolute atomic E-state index is 9.99. The van der Waals surface area contributed by atoms with E-state index in [4.69, 9.17) is 5.73 Å². The third-order valence-corrected chi connectivity index (χ3v) is 3.48. The van der Waals surface area contributed by atoms with E-state index >= 15 is 0 Å². The zero-order valence-corrected chi connectivity index (χ0v) is 9.59. The Labute approximate surface area is 104 Å². The average Bonchev–Trinajstić information content (AvgIpc) is 2.67. The van der Waals surface area contributed by atoms with Gasteiger partial charge < -0.3 is 21.1 Å². The van der Waals surface area contributed by atoms with Gasteiger partial charge in [0.15, 0.2) is 11.5 Å². The lowest BCUT2D eigenvalue weighted by atomic mass is 9.97. The van der Waals surface area contributed by atoms with Gasteiger partial charge >= 0.3 is 0 Å². The minimum atomic E-state index is -0.148. The van der Waals surface area contributed by atoms with Gasteiger partial charge in [0.05, 0.1) is 0 Å². The number of phenols is 3. The Bertz CT molecular complexity index is 637. The molecule has 2 aromatic carbocycles. The van der Waals surface area contributed by atoms with Crippen molar-refractivity contribution in [3.63, 3.8) is 0 Å². The highest BCUT2D eigenvalue weighted by molar-refractivity contribution is 5.85. The Morgan fingerprint density at radius 3 is 2.50 bits per heavy atom. The number of aromatic hydroxyl groups is 3. The lowest BCUT2D eigenvalue weighted by Gasteiger charge is -2.10. The molecule has 0 unspecified atom stereocenters. The first kappa shape index (κ1) is 10.9. The highest BCUT2D eigenvalue weighted by Crippen LogP contribution is 2.51. The van der Waals surface area contributed by atoms with Gasteiger partial charge in [-0.15, -0.1) is 0 Å². The van der Waals surface area contributed by atoms with Crippen molar-refractivity contribution in [1.29, 1.82) is 0 Å². The molecule has 0 heterocycles. The van der Waals surface area contributed by atoms with Crippen LogP contribution in [0.5, 0.6) is 17.2 Å². The van der Waals surface area contributed by atoms with Gasteiger partial charge in [0.2, 0.25) is 0 Å². The fourth-order valence-electron chi connectivity index (χ4n) is 2.66. The molecule has 2 aromatic rings. The summed E-state index contributed by atoms with van der Waals surface area (Å²) in [4.78, 5) is 0. The number of nitrogens with two attached hydrogens (primary N) is 1. The smallest absolute Gasteiger partial charge is 0.165 e. The van der Waals surface area contributed by atoms with E-state index in [2.05, 4.69) is 0 Å². The minimum absolute atomic E-state index is 0.0615. The topological polar surface area (TPSA) is 86.7 Å². The Balaban J connectivity index is 2.35. The van der Waals surface area contributed by atoms with Crippen LogP contribution in [0.15, 0.2) is 30.3 Å². The number of hydrogen-bond donors (Lipinski definition) is 4. The molecule has 0 fully saturated rings. The van der Waals surface area contributed by atoms with Crippen molar-refractivity contribution < 1.29 is 15.3 Å². The van der Waals surface area contributed by atoms with E-state index in [1.807, 2.05) is 0 Å². The van der Waals surface area contributed by atoms with E-state index in [1.165, 1.54) is 6.07 Å². The molecule has 0 bridgehead atoms. The summed E-state index contributed by atoms with van der Waals surface area (Å²) in [7, 11) is 0. The van der Waals surface area contributed by atoms with Gasteiger partial charge in [-0.1, -0.05) is 12.1 Å². The van der Waals surface area contributed by atoms with Crippen molar-refractivity contribution in [2.45, 2.75) is 5.92 Å². The van der Waals surface area contributed by atoms with Crippen molar-refractivity contribution in [2.75, 3.05) is 6.54 Å². The number of fused-ring (bicyclic) bond motifs is 3. The fraction of sp³-hybridized carbons (Fsp3) is 0.143. The predicted octanol–water partition coefficient (Wildman–Crippen LogP) is 1.87. The summed E-state index contributed by atoms with van der Waals surface area (Å²) >= 11 is 0. The molecule has 4 nitrogen and oxygen atoms in total. The van der Waals surface area contributed by atoms with Gasteiger partial charge in [-0.25, -0.2) is 0 Å². The molecule has 0 saturated carbocycles. The van der Waals surface area contributed by atoms with Crippen LogP contribution < -0.4 is 5.73 Å². The summed E-state index contributed by atoms with van der Waals surface area (Å²) in [5.41, 5.74) is 8.96. The molecule has 0 saturated heterocycles. The highest BCUT2D eigenvalue weighted by atomic mass is 16.3. The van der Waals surface area contributed by atoms with Crippen LogP contribution >= 0.6 is 0 Å². The Morgan fingerprint density at radius 1 is 1.00 bits per heavy atom. The molecule has 1 aliphatic rings. The molecule has 0 aliphatic heterocycles. The summed E-state index contributed by atoms with van der Waals surface area (Å²) in [5.74, 6) is -0.168. The van der Waals surface area contributed by atoms with E-state index in [9.17, 15) is 15.3 Å². The van der Waals surface area contributed by atoms with Crippen molar-refractivity contribution in [2.24, 2.45) is 5.73 Å². The van der Waals surface area contributed by atoms with Gasteiger partial charge in [-0.05, 0) is 34.9 Å². The zero-order valence-electron chi connectivity index (χ0n) is 9.59. The highest BCUT2D eigenvalue weighted by Gasteiger charge is 2.31. The van der Waals surface area contributed by atoms with Crippen LogP contribution in [0.4, 0.5) is 0 Å². The SMILES string of the molecule is NC[C@@H]1c2cc(O)ccc2-c2c1ccc(O)c2O. The monoisotopic (exact) mass is 243 g/mol. The molecule has 4 heteroatoms. The van der Waals surface area contributed by atoms with Crippen LogP contribution in [0, 0.1) is 0 Å². The first-order valence-corrected chi connectivity index (χ1v) is 5.71. The van der Waals surface area contributed by atoms with E-state index in [-0.39, 0.29) is 23.2 Å². The lowest BCUT2D eigenvalue weighted by Crippen LogP contribution is -2.11. The summed E-state index contributed by atoms with van der Waals surface area (Å²) in [6, 6.07) is 8.17. The number of rotatable bonds is 1. The quantitative estimate of drug-likeness (QED) is 0.576. The van der Waals surface area contributed by atoms with Crippen LogP contribution in [-0.2, 0) is 0 Å². The summed E-state index contributed by atoms with van der Waals surface area (Å²) in [6.07, 6.45) is 0. The maximum atomic E-state index is 9.99. The second-order valence-corrected chi connectivity index (χ2v) is 4.46. The van der Waals surface area contributed by atoms with E-state index in [1.54, 1.807) is 24.3 Å². The fourth-order valence-corrected chi connectivity index (χ4v) is 2.66. The van der Waals surface area contributed by atoms with Gasteiger partial charge in [0.25, 0.3) is 0 Å². The Kier molecular flexibility index (Phi) is 2.21. The molecule has 18 heavy (non-hydrogen) atoms. The lowest BCUT2D eigenvalue weighted by molar-refractivity contribution is 0.405. The second kappa shape index (κ2) is 3.65. The molecule has 0 spiro atoms. The molecule has 0 amide bonds. The molecule has 0 radical (unpaired) electrons. The zero-order chi connectivity index (χ0) is 12.9. The summed E-state index contributed by atoms with van der Waals surface area (Å²) < 4.78 is 0. The van der Waals surface area contributed by atoms with Crippen LogP contribution in [0.1, 0.15) is 17.0 Å². The Hall–Kier alpha value is -2.20. The van der Waals surface area contributed by atoms with Crippen LogP contribution in [-0.4, -0.2) is 21.9 Å². The molecular formula is C14H13NO3. The van der Waals surface area contributed by atoms with Crippen molar-refractivity contribution >= 4 is 0 Å². The molecule has 3 rings (SSSR count). The molecule has 1 atom stereocenters. The molecular weight excluding hydrogens is 230 g/mol. The predicted molar refractivity (Wildman–Crippen MR) is 67.8 cm³/mol. The van der Waals surface area contributed by atoms with Gasteiger partial charge in [0, 0.05) is 18.0 Å². The van der Waals surface area contributed by atoms with E-state index in [0.717, 1.165) is 16.7 Å². The van der Waals surface area contributed by atoms with Crippen LogP contribution in [0.3, 0.4) is 0 Å². The van der Waals surface area contributed by atoms with E-state index < -0.39 is 0 Å². The molecule has 0 aromatic heterocycles. The molecule has 5 N–H and O–H groups in total. The average molecular weight is 243 g/mol. The van der Waals surface area contributed by atoms with Crippen molar-refractivity contribution in [3.8, 4) is 28.4 Å². The first-order valence-electron chi connectivity index (χ1n) is 5.71. The standard InChI is InChI=1S/C14H13NO3/c15-6-11-9-3-4-12(17)14(18)13(9)8-2-1-7(16)5-10(8)11/h1-5,11,16-18H,6,15H2/t11-/m0/s1. The van der Waals surface area contributed by atoms with Gasteiger partial charge in [-0.3, -0.25) is 0 Å². The number of hydrogen-bond acceptors (Lipinski definition) is 4. The normalized spacial score (nSPS) is 16.4. The minimum Gasteiger partial charge on any atom is -0.508 e. The third kappa shape index (κ3) is 1.29. The van der Waals surface area contributed by atoms with Crippen LogP contribution in [0.25, 0.3) is 11.1 Å². The summed E-state index contributed by atoms with van der Waals surface area (Å²) in [6.45, 7) is 0.383. The molecule has 92 valence electrons. The summed E-state index contributed by atoms with van der Waals surface area (Å²) in [5, 5.41) is 29.1. The molecule has 1 aliphatic carbocycles. The first-order chi connectivity index (χ1) is 8.63. The van der Waals surface area contributed by atoms with E-state index in [0.29, 0.717) is 12.1 Å². The maximum Gasteiger partial charge on any atom is 0.165 e. The number of benzene rings is 2. The second-order valence-electron chi connectivity index (χ2n) is 4.46. The largest absolute Gasteiger partial charge is 0.508 e. The number of phenolic OH excluding ortho intramolecular Hbond substituents is 3. The van der Waals surface area contributed by atoms with Gasteiger partial charge in [-0.2, -0.15) is 0 Å². The van der Waals surface area contributed by atoms with Gasteiger partial charge in [0.1, 0.15) is 5.75 Å². The van der Waals surface area contributed by atoms with Crippen LogP contribution in [0.2, 0.25) is 0 Å². The third-order valence-electron chi connectivity index (χ3n) is 3.48. The van der Waals surface area contributed by atoms with Crippen molar-refractivity contribution in [3.05, 3.63) is 41.5 Å².